The van der Waals surface area contributed by atoms with Crippen LogP contribution in [0.1, 0.15) is 55.4 Å². The molecule has 1 spiro atoms. The second-order valence-electron chi connectivity index (χ2n) is 12.3. The number of carbonyl (C=O) groups excluding carboxylic acids is 1. The van der Waals surface area contributed by atoms with Crippen molar-refractivity contribution in [3.8, 4) is 17.6 Å². The van der Waals surface area contributed by atoms with Crippen LogP contribution in [0.15, 0.2) is 55.1 Å². The van der Waals surface area contributed by atoms with Crippen LogP contribution >= 0.6 is 0 Å². The molecule has 0 aromatic heterocycles. The zero-order valence-corrected chi connectivity index (χ0v) is 23.4. The summed E-state index contributed by atoms with van der Waals surface area (Å²) in [4.78, 5) is 17.8. The first-order valence-electron chi connectivity index (χ1n) is 14.4. The van der Waals surface area contributed by atoms with Crippen molar-refractivity contribution in [3.63, 3.8) is 0 Å². The first-order valence-corrected chi connectivity index (χ1v) is 14.4. The maximum Gasteiger partial charge on any atom is 0.416 e. The molecule has 5 nitrogen and oxygen atoms in total. The summed E-state index contributed by atoms with van der Waals surface area (Å²) in [6, 6.07) is 10.2. The molecule has 0 unspecified atom stereocenters. The number of ether oxygens (including phenoxy) is 1. The Morgan fingerprint density at radius 1 is 1.24 bits per heavy atom. The van der Waals surface area contributed by atoms with Gasteiger partial charge in [-0.1, -0.05) is 38.0 Å². The summed E-state index contributed by atoms with van der Waals surface area (Å²) in [5, 5.41) is 12.6. The molecule has 1 saturated heterocycles. The van der Waals surface area contributed by atoms with E-state index in [0.717, 1.165) is 36.4 Å². The topological polar surface area (TPSA) is 53.0 Å². The minimum absolute atomic E-state index is 0.0733. The molecule has 8 heteroatoms. The zero-order chi connectivity index (χ0) is 29.2. The van der Waals surface area contributed by atoms with Crippen LogP contribution in [-0.2, 0) is 22.8 Å². The molecule has 2 aromatic carbocycles. The number of halogens is 3. The molecule has 41 heavy (non-hydrogen) atoms. The molecule has 2 bridgehead atoms. The normalized spacial score (nSPS) is 29.7. The highest BCUT2D eigenvalue weighted by Gasteiger charge is 2.73. The molecule has 2 fully saturated rings. The Hall–Kier alpha value is -3.28. The van der Waals surface area contributed by atoms with Crippen LogP contribution < -0.4 is 4.74 Å². The van der Waals surface area contributed by atoms with Crippen LogP contribution in [0, 0.1) is 17.8 Å². The Bertz CT molecular complexity index is 1430. The number of nitrogens with zero attached hydrogens (tertiary/aromatic N) is 2. The average Bonchev–Trinajstić information content (AvgIpc) is 3.27. The lowest BCUT2D eigenvalue weighted by Crippen LogP contribution is -2.78. The number of amides is 1. The fourth-order valence-electron chi connectivity index (χ4n) is 7.98. The van der Waals surface area contributed by atoms with Crippen molar-refractivity contribution >= 4 is 5.91 Å². The summed E-state index contributed by atoms with van der Waals surface area (Å²) < 4.78 is 45.6. The van der Waals surface area contributed by atoms with Crippen LogP contribution in [0.25, 0.3) is 0 Å². The predicted octanol–water partition coefficient (Wildman–Crippen LogP) is 4.95. The van der Waals surface area contributed by atoms with Gasteiger partial charge in [0.2, 0.25) is 0 Å². The fourth-order valence-corrected chi connectivity index (χ4v) is 7.98. The number of aliphatic hydroxyl groups is 1. The maximum atomic E-state index is 13.7. The Kier molecular flexibility index (Phi) is 6.74. The number of piperidine rings is 1. The van der Waals surface area contributed by atoms with E-state index in [9.17, 15) is 23.1 Å². The van der Waals surface area contributed by atoms with Gasteiger partial charge in [-0.15, -0.1) is 6.58 Å². The van der Waals surface area contributed by atoms with Crippen molar-refractivity contribution in [2.45, 2.75) is 74.9 Å². The SMILES string of the molecule is C=CCN1CC[C@]23c4c5cccc4O[C@H]2[C@@H](N(CC(C)C)C(=O)C#Cc2ccc(C(F)(F)F)cc2)CC[C@@]3(O)[C@H]1C5. The Morgan fingerprint density at radius 2 is 2.00 bits per heavy atom. The van der Waals surface area contributed by atoms with Gasteiger partial charge in [-0.2, -0.15) is 13.2 Å². The zero-order valence-electron chi connectivity index (χ0n) is 23.4. The molecule has 1 N–H and O–H groups in total. The molecule has 2 aromatic rings. The minimum Gasteiger partial charge on any atom is -0.487 e. The van der Waals surface area contributed by atoms with E-state index < -0.39 is 28.9 Å². The number of likely N-dealkylation sites (tertiary alicyclic amines) is 1. The smallest absolute Gasteiger partial charge is 0.416 e. The predicted molar refractivity (Wildman–Crippen MR) is 149 cm³/mol. The number of carbonyl (C=O) groups is 1. The number of rotatable bonds is 5. The van der Waals surface area contributed by atoms with Gasteiger partial charge in [0, 0.05) is 36.2 Å². The van der Waals surface area contributed by atoms with Crippen molar-refractivity contribution in [1.82, 2.24) is 9.80 Å². The Morgan fingerprint density at radius 3 is 2.68 bits per heavy atom. The third-order valence-corrected chi connectivity index (χ3v) is 9.55. The van der Waals surface area contributed by atoms with Gasteiger partial charge in [0.1, 0.15) is 11.9 Å². The van der Waals surface area contributed by atoms with Crippen LogP contribution in [0.5, 0.6) is 5.75 Å². The molecule has 5 atom stereocenters. The summed E-state index contributed by atoms with van der Waals surface area (Å²) in [6.45, 7) is 9.96. The molecule has 1 saturated carbocycles. The maximum absolute atomic E-state index is 13.7. The van der Waals surface area contributed by atoms with Gasteiger partial charge in [0.05, 0.1) is 22.6 Å². The van der Waals surface area contributed by atoms with E-state index in [1.165, 1.54) is 17.7 Å². The van der Waals surface area contributed by atoms with Gasteiger partial charge < -0.3 is 14.7 Å². The summed E-state index contributed by atoms with van der Waals surface area (Å²) >= 11 is 0. The van der Waals surface area contributed by atoms with Crippen molar-refractivity contribution in [2.24, 2.45) is 5.92 Å². The third kappa shape index (κ3) is 4.28. The highest BCUT2D eigenvalue weighted by molar-refractivity contribution is 5.94. The fraction of sp³-hybridized carbons (Fsp3) is 0.485. The van der Waals surface area contributed by atoms with Crippen molar-refractivity contribution < 1.29 is 27.8 Å². The molecule has 1 amide bonds. The van der Waals surface area contributed by atoms with Crippen LogP contribution in [-0.4, -0.2) is 64.2 Å². The van der Waals surface area contributed by atoms with E-state index in [4.69, 9.17) is 4.74 Å². The Balaban J connectivity index is 1.36. The molecule has 2 aliphatic heterocycles. The van der Waals surface area contributed by atoms with Crippen molar-refractivity contribution in [3.05, 3.63) is 77.4 Å². The van der Waals surface area contributed by atoms with E-state index in [-0.39, 0.29) is 23.9 Å². The molecular formula is C33H35F3N2O3. The van der Waals surface area contributed by atoms with Gasteiger partial charge >= 0.3 is 6.18 Å². The number of alkyl halides is 3. The van der Waals surface area contributed by atoms with Crippen LogP contribution in [0.2, 0.25) is 0 Å². The minimum atomic E-state index is -4.43. The van der Waals surface area contributed by atoms with Crippen LogP contribution in [0.3, 0.4) is 0 Å². The summed E-state index contributed by atoms with van der Waals surface area (Å²) in [6.07, 6.45) is -0.440. The van der Waals surface area contributed by atoms with Crippen LogP contribution in [0.4, 0.5) is 13.2 Å². The second-order valence-corrected chi connectivity index (χ2v) is 12.3. The lowest BCUT2D eigenvalue weighted by molar-refractivity contribution is -0.199. The van der Waals surface area contributed by atoms with Gasteiger partial charge in [-0.3, -0.25) is 9.69 Å². The Labute approximate surface area is 239 Å². The van der Waals surface area contributed by atoms with E-state index >= 15 is 0 Å². The summed E-state index contributed by atoms with van der Waals surface area (Å²) in [7, 11) is 0. The van der Waals surface area contributed by atoms with E-state index in [1.54, 1.807) is 4.90 Å². The van der Waals surface area contributed by atoms with Crippen molar-refractivity contribution in [2.75, 3.05) is 19.6 Å². The lowest BCUT2D eigenvalue weighted by atomic mass is 9.48. The van der Waals surface area contributed by atoms with E-state index in [2.05, 4.69) is 29.4 Å². The van der Waals surface area contributed by atoms with E-state index in [1.807, 2.05) is 32.1 Å². The number of hydrogen-bond acceptors (Lipinski definition) is 4. The average molecular weight is 565 g/mol. The van der Waals surface area contributed by atoms with E-state index in [0.29, 0.717) is 37.9 Å². The quantitative estimate of drug-likeness (QED) is 0.413. The number of hydrogen-bond donors (Lipinski definition) is 1. The highest BCUT2D eigenvalue weighted by Crippen LogP contribution is 2.64. The number of benzene rings is 2. The molecule has 0 radical (unpaired) electrons. The largest absolute Gasteiger partial charge is 0.487 e. The van der Waals surface area contributed by atoms with Gasteiger partial charge in [0.25, 0.3) is 5.91 Å². The highest BCUT2D eigenvalue weighted by atomic mass is 19.4. The molecular weight excluding hydrogens is 529 g/mol. The first-order chi connectivity index (χ1) is 19.5. The monoisotopic (exact) mass is 564 g/mol. The van der Waals surface area contributed by atoms with Gasteiger partial charge in [-0.05, 0) is 74.0 Å². The van der Waals surface area contributed by atoms with Crippen molar-refractivity contribution in [1.29, 1.82) is 0 Å². The molecule has 216 valence electrons. The van der Waals surface area contributed by atoms with Gasteiger partial charge in [-0.25, -0.2) is 0 Å². The standard InChI is InChI=1S/C33H35F3N2O3/c1-4-17-37-18-16-31-29-23-6-5-7-26(29)41-30(31)25(14-15-32(31,40)27(37)19-23)38(20-21(2)3)28(39)13-10-22-8-11-24(12-9-22)33(34,35)36/h4-9,11-12,21,25,27,30,40H,1,14-20H2,2-3H3/t25-,27+,30-,31-,32+/m0/s1. The third-order valence-electron chi connectivity index (χ3n) is 9.55. The lowest BCUT2D eigenvalue weighted by Gasteiger charge is -2.64. The second kappa shape index (κ2) is 9.92. The van der Waals surface area contributed by atoms with Gasteiger partial charge in [0.15, 0.2) is 0 Å². The molecule has 2 heterocycles. The summed E-state index contributed by atoms with van der Waals surface area (Å²) in [5.41, 5.74) is 0.225. The first kappa shape index (κ1) is 27.9. The molecule has 4 aliphatic rings. The molecule has 6 rings (SSSR count). The molecule has 2 aliphatic carbocycles. The summed E-state index contributed by atoms with van der Waals surface area (Å²) in [5.74, 6) is 6.03.